The number of hydrogen-bond acceptors (Lipinski definition) is 5. The molecule has 0 radical (unpaired) electrons. The van der Waals surface area contributed by atoms with Crippen LogP contribution < -0.4 is 10.6 Å². The molecule has 0 saturated carbocycles. The number of thiazole rings is 1. The van der Waals surface area contributed by atoms with Gasteiger partial charge in [0, 0.05) is 29.3 Å². The third-order valence-corrected chi connectivity index (χ3v) is 6.73. The van der Waals surface area contributed by atoms with Crippen molar-refractivity contribution >= 4 is 40.0 Å². The summed E-state index contributed by atoms with van der Waals surface area (Å²) in [6, 6.07) is 14.4. The third kappa shape index (κ3) is 5.29. The molecule has 5 nitrogen and oxygen atoms in total. The number of carbonyl (C=O) groups excluding carboxylic acids is 2. The molecule has 1 heterocycles. The summed E-state index contributed by atoms with van der Waals surface area (Å²) in [7, 11) is 0. The number of benzene rings is 2. The molecule has 0 bridgehead atoms. The van der Waals surface area contributed by atoms with Gasteiger partial charge in [-0.3, -0.25) is 9.59 Å². The number of anilines is 1. The molecule has 154 valence electrons. The highest BCUT2D eigenvalue weighted by atomic mass is 32.2. The van der Waals surface area contributed by atoms with Gasteiger partial charge in [-0.2, -0.15) is 0 Å². The second-order valence-corrected chi connectivity index (χ2v) is 9.17. The molecule has 2 amide bonds. The van der Waals surface area contributed by atoms with E-state index in [-0.39, 0.29) is 11.8 Å². The molecule has 1 aliphatic rings. The summed E-state index contributed by atoms with van der Waals surface area (Å²) in [5.41, 5.74) is 5.70. The first-order valence-electron chi connectivity index (χ1n) is 9.90. The molecule has 2 N–H and O–H groups in total. The highest BCUT2D eigenvalue weighted by Crippen LogP contribution is 2.28. The van der Waals surface area contributed by atoms with Gasteiger partial charge in [-0.25, -0.2) is 4.98 Å². The van der Waals surface area contributed by atoms with Crippen LogP contribution in [0.5, 0.6) is 0 Å². The Kier molecular flexibility index (Phi) is 6.50. The zero-order valence-corrected chi connectivity index (χ0v) is 18.4. The first-order chi connectivity index (χ1) is 14.6. The van der Waals surface area contributed by atoms with E-state index in [1.54, 1.807) is 11.8 Å². The largest absolute Gasteiger partial charge is 0.352 e. The second-order valence-electron chi connectivity index (χ2n) is 7.27. The highest BCUT2D eigenvalue weighted by molar-refractivity contribution is 8.00. The minimum atomic E-state index is -0.0490. The lowest BCUT2D eigenvalue weighted by Crippen LogP contribution is -2.18. The maximum atomic E-state index is 12.3. The van der Waals surface area contributed by atoms with Crippen molar-refractivity contribution in [3.05, 3.63) is 64.5 Å². The Bertz CT molecular complexity index is 1060. The van der Waals surface area contributed by atoms with Crippen LogP contribution in [0.3, 0.4) is 0 Å². The molecule has 0 atom stereocenters. The van der Waals surface area contributed by atoms with E-state index in [1.807, 2.05) is 29.6 Å². The SMILES string of the molecule is CC(=O)NCc1ccc(-c2csc(NC(=O)CSc3ccc4c(c3)CCC4)n2)cc1. The lowest BCUT2D eigenvalue weighted by atomic mass is 10.1. The smallest absolute Gasteiger partial charge is 0.236 e. The van der Waals surface area contributed by atoms with E-state index in [2.05, 4.69) is 33.8 Å². The van der Waals surface area contributed by atoms with Gasteiger partial charge < -0.3 is 10.6 Å². The predicted molar refractivity (Wildman–Crippen MR) is 123 cm³/mol. The number of aromatic nitrogens is 1. The van der Waals surface area contributed by atoms with E-state index in [1.165, 1.54) is 42.2 Å². The molecule has 0 spiro atoms. The van der Waals surface area contributed by atoms with Crippen LogP contribution in [0, 0.1) is 0 Å². The standard InChI is InChI=1S/C23H23N3O2S2/c1-15(27)24-12-16-5-7-18(8-6-16)21-13-30-23(25-21)26-22(28)14-29-20-10-9-17-3-2-4-19(17)11-20/h5-11,13H,2-4,12,14H2,1H3,(H,24,27)(H,25,26,28). The monoisotopic (exact) mass is 437 g/mol. The average molecular weight is 438 g/mol. The van der Waals surface area contributed by atoms with E-state index in [4.69, 9.17) is 0 Å². The molecule has 4 rings (SSSR count). The summed E-state index contributed by atoms with van der Waals surface area (Å²) in [5.74, 6) is 0.270. The van der Waals surface area contributed by atoms with Crippen LogP contribution in [0.15, 0.2) is 52.7 Å². The third-order valence-electron chi connectivity index (χ3n) is 4.98. The maximum absolute atomic E-state index is 12.3. The van der Waals surface area contributed by atoms with Crippen molar-refractivity contribution in [3.8, 4) is 11.3 Å². The fourth-order valence-electron chi connectivity index (χ4n) is 3.43. The van der Waals surface area contributed by atoms with Gasteiger partial charge in [0.15, 0.2) is 5.13 Å². The minimum Gasteiger partial charge on any atom is -0.352 e. The number of nitrogens with zero attached hydrogens (tertiary/aromatic N) is 1. The maximum Gasteiger partial charge on any atom is 0.236 e. The molecule has 30 heavy (non-hydrogen) atoms. The molecule has 1 aromatic heterocycles. The Morgan fingerprint density at radius 2 is 1.90 bits per heavy atom. The van der Waals surface area contributed by atoms with Gasteiger partial charge in [0.2, 0.25) is 11.8 Å². The van der Waals surface area contributed by atoms with Crippen molar-refractivity contribution in [2.24, 2.45) is 0 Å². The first-order valence-corrected chi connectivity index (χ1v) is 11.8. The van der Waals surface area contributed by atoms with E-state index in [0.717, 1.165) is 28.1 Å². The van der Waals surface area contributed by atoms with Gasteiger partial charge >= 0.3 is 0 Å². The number of hydrogen-bond donors (Lipinski definition) is 2. The summed E-state index contributed by atoms with van der Waals surface area (Å²) < 4.78 is 0. The van der Waals surface area contributed by atoms with Gasteiger partial charge in [-0.15, -0.1) is 23.1 Å². The molecule has 0 fully saturated rings. The van der Waals surface area contributed by atoms with Gasteiger partial charge in [0.1, 0.15) is 0 Å². The van der Waals surface area contributed by atoms with Gasteiger partial charge in [0.25, 0.3) is 0 Å². The minimum absolute atomic E-state index is 0.0479. The van der Waals surface area contributed by atoms with E-state index < -0.39 is 0 Å². The van der Waals surface area contributed by atoms with Gasteiger partial charge in [-0.1, -0.05) is 30.3 Å². The molecule has 3 aromatic rings. The molecule has 2 aromatic carbocycles. The molecule has 0 unspecified atom stereocenters. The van der Waals surface area contributed by atoms with Crippen molar-refractivity contribution in [1.29, 1.82) is 0 Å². The zero-order valence-electron chi connectivity index (χ0n) is 16.7. The van der Waals surface area contributed by atoms with Gasteiger partial charge in [0.05, 0.1) is 11.4 Å². The summed E-state index contributed by atoms with van der Waals surface area (Å²) in [6.45, 7) is 2.01. The Hall–Kier alpha value is -2.64. The zero-order chi connectivity index (χ0) is 20.9. The number of carbonyl (C=O) groups is 2. The molecular weight excluding hydrogens is 414 g/mol. The van der Waals surface area contributed by atoms with Gasteiger partial charge in [-0.05, 0) is 48.1 Å². The van der Waals surface area contributed by atoms with Crippen molar-refractivity contribution in [3.63, 3.8) is 0 Å². The van der Waals surface area contributed by atoms with E-state index in [9.17, 15) is 9.59 Å². The molecular formula is C23H23N3O2S2. The van der Waals surface area contributed by atoms with Crippen LogP contribution >= 0.6 is 23.1 Å². The summed E-state index contributed by atoms with van der Waals surface area (Å²) in [4.78, 5) is 29.0. The summed E-state index contributed by atoms with van der Waals surface area (Å²) in [6.07, 6.45) is 3.55. The lowest BCUT2D eigenvalue weighted by molar-refractivity contribution is -0.119. The van der Waals surface area contributed by atoms with Crippen LogP contribution in [0.4, 0.5) is 5.13 Å². The van der Waals surface area contributed by atoms with Crippen LogP contribution in [0.2, 0.25) is 0 Å². The average Bonchev–Trinajstić information content (AvgIpc) is 3.40. The Morgan fingerprint density at radius 3 is 2.70 bits per heavy atom. The van der Waals surface area contributed by atoms with Crippen molar-refractivity contribution < 1.29 is 9.59 Å². The molecule has 1 aliphatic carbocycles. The second kappa shape index (κ2) is 9.45. The fraction of sp³-hybridized carbons (Fsp3) is 0.261. The molecule has 7 heteroatoms. The Labute approximate surface area is 184 Å². The quantitative estimate of drug-likeness (QED) is 0.527. The fourth-order valence-corrected chi connectivity index (χ4v) is 4.92. The van der Waals surface area contributed by atoms with E-state index >= 15 is 0 Å². The lowest BCUT2D eigenvalue weighted by Gasteiger charge is -2.05. The number of fused-ring (bicyclic) bond motifs is 1. The van der Waals surface area contributed by atoms with Crippen LogP contribution in [-0.4, -0.2) is 22.6 Å². The molecule has 0 aliphatic heterocycles. The molecule has 0 saturated heterocycles. The van der Waals surface area contributed by atoms with E-state index in [0.29, 0.717) is 17.4 Å². The highest BCUT2D eigenvalue weighted by Gasteiger charge is 2.13. The Morgan fingerprint density at radius 1 is 1.10 bits per heavy atom. The summed E-state index contributed by atoms with van der Waals surface area (Å²) in [5, 5.41) is 8.22. The van der Waals surface area contributed by atoms with Crippen molar-refractivity contribution in [2.75, 3.05) is 11.1 Å². The van der Waals surface area contributed by atoms with Crippen molar-refractivity contribution in [1.82, 2.24) is 10.3 Å². The van der Waals surface area contributed by atoms with Crippen molar-refractivity contribution in [2.45, 2.75) is 37.6 Å². The van der Waals surface area contributed by atoms with Crippen LogP contribution in [0.1, 0.15) is 30.0 Å². The number of rotatable bonds is 7. The topological polar surface area (TPSA) is 71.1 Å². The predicted octanol–water partition coefficient (Wildman–Crippen LogP) is 4.67. The Balaban J connectivity index is 1.30. The number of nitrogens with one attached hydrogen (secondary N) is 2. The number of amides is 2. The summed E-state index contributed by atoms with van der Waals surface area (Å²) >= 11 is 2.98. The van der Waals surface area contributed by atoms with Crippen LogP contribution in [-0.2, 0) is 29.0 Å². The number of aryl methyl sites for hydroxylation is 2. The first kappa shape index (κ1) is 20.6. The number of thioether (sulfide) groups is 1. The normalized spacial score (nSPS) is 12.4. The van der Waals surface area contributed by atoms with Crippen LogP contribution in [0.25, 0.3) is 11.3 Å².